The van der Waals surface area contributed by atoms with E-state index in [4.69, 9.17) is 0 Å². The van der Waals surface area contributed by atoms with Crippen molar-refractivity contribution >= 4 is 21.6 Å². The zero-order valence-electron chi connectivity index (χ0n) is 11.4. The Balaban J connectivity index is 1.95. The number of rotatable bonds is 5. The molecule has 1 heterocycles. The molecule has 0 unspecified atom stereocenters. The molecule has 2 rings (SSSR count). The van der Waals surface area contributed by atoms with E-state index >= 15 is 0 Å². The molecule has 0 radical (unpaired) electrons. The SMILES string of the molecule is CC(C)Cc1ccc(CNc2cccnc2Br)cc1. The summed E-state index contributed by atoms with van der Waals surface area (Å²) in [6.45, 7) is 5.30. The lowest BCUT2D eigenvalue weighted by atomic mass is 10.0. The topological polar surface area (TPSA) is 24.9 Å². The minimum atomic E-state index is 0.704. The molecule has 0 aliphatic heterocycles. The Labute approximate surface area is 123 Å². The first kappa shape index (κ1) is 14.1. The fraction of sp³-hybridized carbons (Fsp3) is 0.312. The summed E-state index contributed by atoms with van der Waals surface area (Å²) in [5, 5.41) is 3.38. The number of aromatic nitrogens is 1. The van der Waals surface area contributed by atoms with Gasteiger partial charge in [-0.25, -0.2) is 4.98 Å². The van der Waals surface area contributed by atoms with Gasteiger partial charge in [0.05, 0.1) is 5.69 Å². The van der Waals surface area contributed by atoms with Crippen molar-refractivity contribution in [1.82, 2.24) is 4.98 Å². The Morgan fingerprint density at radius 1 is 1.11 bits per heavy atom. The molecule has 100 valence electrons. The van der Waals surface area contributed by atoms with Gasteiger partial charge in [0.25, 0.3) is 0 Å². The predicted octanol–water partition coefficient (Wildman–Crippen LogP) is 4.65. The second kappa shape index (κ2) is 6.71. The Morgan fingerprint density at radius 3 is 2.42 bits per heavy atom. The number of nitrogens with zero attached hydrogens (tertiary/aromatic N) is 1. The summed E-state index contributed by atoms with van der Waals surface area (Å²) >= 11 is 3.43. The van der Waals surface area contributed by atoms with Crippen molar-refractivity contribution in [3.05, 3.63) is 58.3 Å². The molecule has 0 saturated carbocycles. The zero-order chi connectivity index (χ0) is 13.7. The standard InChI is InChI=1S/C16H19BrN2/c1-12(2)10-13-5-7-14(8-6-13)11-19-15-4-3-9-18-16(15)17/h3-9,12,19H,10-11H2,1-2H3. The molecule has 1 N–H and O–H groups in total. The summed E-state index contributed by atoms with van der Waals surface area (Å²) < 4.78 is 0.853. The molecule has 2 aromatic rings. The third-order valence-corrected chi connectivity index (χ3v) is 3.54. The monoisotopic (exact) mass is 318 g/mol. The van der Waals surface area contributed by atoms with Crippen LogP contribution in [0.15, 0.2) is 47.2 Å². The zero-order valence-corrected chi connectivity index (χ0v) is 12.9. The lowest BCUT2D eigenvalue weighted by Gasteiger charge is -2.09. The maximum atomic E-state index is 4.19. The van der Waals surface area contributed by atoms with Crippen LogP contribution >= 0.6 is 15.9 Å². The minimum absolute atomic E-state index is 0.704. The summed E-state index contributed by atoms with van der Waals surface area (Å²) in [6, 6.07) is 12.8. The van der Waals surface area contributed by atoms with E-state index in [-0.39, 0.29) is 0 Å². The third kappa shape index (κ3) is 4.35. The van der Waals surface area contributed by atoms with Gasteiger partial charge in [0.15, 0.2) is 0 Å². The Bertz CT molecular complexity index is 521. The van der Waals surface area contributed by atoms with Crippen LogP contribution in [0.3, 0.4) is 0 Å². The summed E-state index contributed by atoms with van der Waals surface area (Å²) in [5.41, 5.74) is 3.71. The number of pyridine rings is 1. The molecule has 19 heavy (non-hydrogen) atoms. The van der Waals surface area contributed by atoms with Gasteiger partial charge in [-0.05, 0) is 51.5 Å². The lowest BCUT2D eigenvalue weighted by Crippen LogP contribution is -2.01. The van der Waals surface area contributed by atoms with Crippen LogP contribution in [0.4, 0.5) is 5.69 Å². The Hall–Kier alpha value is -1.35. The van der Waals surface area contributed by atoms with Crippen LogP contribution in [-0.2, 0) is 13.0 Å². The second-order valence-corrected chi connectivity index (χ2v) is 5.86. The molecule has 0 saturated heterocycles. The third-order valence-electron chi connectivity index (χ3n) is 2.91. The van der Waals surface area contributed by atoms with Crippen molar-refractivity contribution in [1.29, 1.82) is 0 Å². The van der Waals surface area contributed by atoms with E-state index in [0.29, 0.717) is 5.92 Å². The van der Waals surface area contributed by atoms with E-state index in [0.717, 1.165) is 23.3 Å². The molecule has 0 atom stereocenters. The second-order valence-electron chi connectivity index (χ2n) is 5.11. The van der Waals surface area contributed by atoms with Gasteiger partial charge in [0.1, 0.15) is 4.60 Å². The van der Waals surface area contributed by atoms with Gasteiger partial charge in [-0.1, -0.05) is 38.1 Å². The van der Waals surface area contributed by atoms with Gasteiger partial charge in [-0.3, -0.25) is 0 Å². The summed E-state index contributed by atoms with van der Waals surface area (Å²) in [6.07, 6.45) is 2.91. The van der Waals surface area contributed by atoms with Gasteiger partial charge >= 0.3 is 0 Å². The maximum Gasteiger partial charge on any atom is 0.129 e. The van der Waals surface area contributed by atoms with Crippen LogP contribution in [0.2, 0.25) is 0 Å². The van der Waals surface area contributed by atoms with Gasteiger partial charge < -0.3 is 5.32 Å². The molecule has 0 aliphatic carbocycles. The number of hydrogen-bond donors (Lipinski definition) is 1. The number of halogens is 1. The van der Waals surface area contributed by atoms with E-state index in [9.17, 15) is 0 Å². The smallest absolute Gasteiger partial charge is 0.129 e. The molecule has 1 aromatic heterocycles. The van der Waals surface area contributed by atoms with Crippen LogP contribution in [-0.4, -0.2) is 4.98 Å². The molecule has 3 heteroatoms. The number of anilines is 1. The van der Waals surface area contributed by atoms with Crippen LogP contribution in [0.5, 0.6) is 0 Å². The quantitative estimate of drug-likeness (QED) is 0.811. The molecular formula is C16H19BrN2. The van der Waals surface area contributed by atoms with Crippen LogP contribution in [0.1, 0.15) is 25.0 Å². The number of benzene rings is 1. The predicted molar refractivity (Wildman–Crippen MR) is 84.2 cm³/mol. The minimum Gasteiger partial charge on any atom is -0.379 e. The maximum absolute atomic E-state index is 4.19. The van der Waals surface area contributed by atoms with Gasteiger partial charge in [0.2, 0.25) is 0 Å². The van der Waals surface area contributed by atoms with Gasteiger partial charge in [-0.2, -0.15) is 0 Å². The first-order valence-electron chi connectivity index (χ1n) is 6.57. The fourth-order valence-electron chi connectivity index (χ4n) is 1.98. The first-order chi connectivity index (χ1) is 9.15. The highest BCUT2D eigenvalue weighted by Gasteiger charge is 2.01. The van der Waals surface area contributed by atoms with Crippen molar-refractivity contribution in [3.63, 3.8) is 0 Å². The van der Waals surface area contributed by atoms with E-state index < -0.39 is 0 Å². The normalized spacial score (nSPS) is 10.7. The Morgan fingerprint density at radius 2 is 1.79 bits per heavy atom. The summed E-state index contributed by atoms with van der Waals surface area (Å²) in [7, 11) is 0. The van der Waals surface area contributed by atoms with Crippen molar-refractivity contribution in [3.8, 4) is 0 Å². The van der Waals surface area contributed by atoms with E-state index in [1.54, 1.807) is 6.20 Å². The number of nitrogens with one attached hydrogen (secondary N) is 1. The Kier molecular flexibility index (Phi) is 4.97. The van der Waals surface area contributed by atoms with Gasteiger partial charge in [0, 0.05) is 12.7 Å². The van der Waals surface area contributed by atoms with Crippen molar-refractivity contribution in [2.75, 3.05) is 5.32 Å². The summed E-state index contributed by atoms with van der Waals surface area (Å²) in [4.78, 5) is 4.19. The van der Waals surface area contributed by atoms with Crippen molar-refractivity contribution in [2.24, 2.45) is 5.92 Å². The summed E-state index contributed by atoms with van der Waals surface area (Å²) in [5.74, 6) is 0.704. The molecule has 0 fully saturated rings. The van der Waals surface area contributed by atoms with Gasteiger partial charge in [-0.15, -0.1) is 0 Å². The molecular weight excluding hydrogens is 300 g/mol. The lowest BCUT2D eigenvalue weighted by molar-refractivity contribution is 0.647. The molecule has 0 spiro atoms. The molecule has 1 aromatic carbocycles. The van der Waals surface area contributed by atoms with Crippen LogP contribution in [0, 0.1) is 5.92 Å². The van der Waals surface area contributed by atoms with Crippen LogP contribution in [0.25, 0.3) is 0 Å². The van der Waals surface area contributed by atoms with E-state index in [1.807, 2.05) is 12.1 Å². The van der Waals surface area contributed by atoms with Crippen molar-refractivity contribution in [2.45, 2.75) is 26.8 Å². The highest BCUT2D eigenvalue weighted by atomic mass is 79.9. The van der Waals surface area contributed by atoms with Crippen molar-refractivity contribution < 1.29 is 0 Å². The van der Waals surface area contributed by atoms with E-state index in [1.165, 1.54) is 11.1 Å². The fourth-order valence-corrected chi connectivity index (χ4v) is 2.37. The highest BCUT2D eigenvalue weighted by molar-refractivity contribution is 9.10. The van der Waals surface area contributed by atoms with Crippen LogP contribution < -0.4 is 5.32 Å². The molecule has 0 bridgehead atoms. The molecule has 0 amide bonds. The molecule has 0 aliphatic rings. The average molecular weight is 319 g/mol. The number of hydrogen-bond acceptors (Lipinski definition) is 2. The first-order valence-corrected chi connectivity index (χ1v) is 7.36. The average Bonchev–Trinajstić information content (AvgIpc) is 2.39. The van der Waals surface area contributed by atoms with E-state index in [2.05, 4.69) is 64.3 Å². The highest BCUT2D eigenvalue weighted by Crippen LogP contribution is 2.19. The molecule has 2 nitrogen and oxygen atoms in total. The largest absolute Gasteiger partial charge is 0.379 e.